The van der Waals surface area contributed by atoms with Gasteiger partial charge in [-0.25, -0.2) is 15.0 Å². The number of anilines is 1. The zero-order valence-electron chi connectivity index (χ0n) is 19.8. The molecule has 0 saturated carbocycles. The molecule has 0 radical (unpaired) electrons. The molecule has 1 aliphatic heterocycles. The van der Waals surface area contributed by atoms with Crippen LogP contribution in [0.1, 0.15) is 16.6 Å². The van der Waals surface area contributed by atoms with Crippen LogP contribution < -0.4 is 10.6 Å². The van der Waals surface area contributed by atoms with Crippen LogP contribution in [0, 0.1) is 0 Å². The quantitative estimate of drug-likeness (QED) is 0.297. The number of thiophene rings is 1. The number of rotatable bonds is 5. The van der Waals surface area contributed by atoms with Crippen molar-refractivity contribution in [3.8, 4) is 33.2 Å². The van der Waals surface area contributed by atoms with E-state index in [1.807, 2.05) is 36.4 Å². The molecule has 6 aromatic rings. The topological polar surface area (TPSA) is 142 Å². The van der Waals surface area contributed by atoms with Gasteiger partial charge < -0.3 is 15.6 Å². The summed E-state index contributed by atoms with van der Waals surface area (Å²) in [5.41, 5.74) is 11.5. The standard InChI is InChI=1S/C26H21N9OS/c1-13(36)20-4-5-21(37-20)16-6-7-29-25-23(16)31-26(32-25)24-17-8-14(2-3-18(17)33-34-24)19-9-28-10-22(30-19)35-11-15(27)12-35/h2-10,15H,11-12,27H2,1H3,(H,33,34)(H,29,31,32). The lowest BCUT2D eigenvalue weighted by Gasteiger charge is -2.37. The van der Waals surface area contributed by atoms with Crippen molar-refractivity contribution in [1.82, 2.24) is 35.1 Å². The predicted octanol–water partition coefficient (Wildman–Crippen LogP) is 4.04. The van der Waals surface area contributed by atoms with Gasteiger partial charge in [0, 0.05) is 46.7 Å². The lowest BCUT2D eigenvalue weighted by Crippen LogP contribution is -2.56. The van der Waals surface area contributed by atoms with Crippen molar-refractivity contribution in [3.05, 3.63) is 59.9 Å². The first-order chi connectivity index (χ1) is 18.0. The first-order valence-corrected chi connectivity index (χ1v) is 12.6. The van der Waals surface area contributed by atoms with Crippen LogP contribution in [0.2, 0.25) is 0 Å². The number of nitrogens with two attached hydrogens (primary N) is 1. The van der Waals surface area contributed by atoms with E-state index < -0.39 is 0 Å². The fourth-order valence-electron chi connectivity index (χ4n) is 4.60. The second kappa shape index (κ2) is 8.29. The molecule has 0 spiro atoms. The minimum Gasteiger partial charge on any atom is -0.352 e. The maximum Gasteiger partial charge on any atom is 0.178 e. The van der Waals surface area contributed by atoms with Crippen LogP contribution in [-0.2, 0) is 0 Å². The van der Waals surface area contributed by atoms with Gasteiger partial charge in [-0.05, 0) is 37.3 Å². The van der Waals surface area contributed by atoms with Crippen molar-refractivity contribution in [2.24, 2.45) is 5.73 Å². The number of carbonyl (C=O) groups is 1. The van der Waals surface area contributed by atoms with Crippen LogP contribution in [-0.4, -0.2) is 60.0 Å². The summed E-state index contributed by atoms with van der Waals surface area (Å²) in [7, 11) is 0. The van der Waals surface area contributed by atoms with Gasteiger partial charge in [0.2, 0.25) is 0 Å². The van der Waals surface area contributed by atoms with E-state index in [1.165, 1.54) is 11.3 Å². The molecule has 1 aromatic carbocycles. The van der Waals surface area contributed by atoms with Crippen molar-refractivity contribution in [2.75, 3.05) is 18.0 Å². The molecule has 0 unspecified atom stereocenters. The first-order valence-electron chi connectivity index (χ1n) is 11.8. The normalized spacial score (nSPS) is 13.9. The number of H-pyrrole nitrogens is 2. The molecule has 10 nitrogen and oxygen atoms in total. The molecular formula is C26H21N9OS. The van der Waals surface area contributed by atoms with Crippen LogP contribution >= 0.6 is 11.3 Å². The van der Waals surface area contributed by atoms with Gasteiger partial charge in [-0.15, -0.1) is 11.3 Å². The number of Topliss-reactive ketones (excluding diaryl/α,β-unsaturated/α-hetero) is 1. The highest BCUT2D eigenvalue weighted by Gasteiger charge is 2.25. The van der Waals surface area contributed by atoms with Gasteiger partial charge in [-0.2, -0.15) is 5.10 Å². The number of nitrogens with one attached hydrogen (secondary N) is 2. The van der Waals surface area contributed by atoms with E-state index in [1.54, 1.807) is 25.5 Å². The summed E-state index contributed by atoms with van der Waals surface area (Å²) in [4.78, 5) is 37.4. The van der Waals surface area contributed by atoms with Crippen LogP contribution in [0.3, 0.4) is 0 Å². The maximum absolute atomic E-state index is 11.8. The van der Waals surface area contributed by atoms with Crippen molar-refractivity contribution in [1.29, 1.82) is 0 Å². The number of imidazole rings is 1. The molecular weight excluding hydrogens is 486 g/mol. The lowest BCUT2D eigenvalue weighted by molar-refractivity contribution is 0.102. The molecule has 182 valence electrons. The Hall–Kier alpha value is -4.48. The summed E-state index contributed by atoms with van der Waals surface area (Å²) in [6.07, 6.45) is 5.26. The number of fused-ring (bicyclic) bond motifs is 2. The van der Waals surface area contributed by atoms with Crippen molar-refractivity contribution >= 4 is 45.0 Å². The summed E-state index contributed by atoms with van der Waals surface area (Å²) in [6.45, 7) is 3.14. The molecule has 1 fully saturated rings. The molecule has 1 aliphatic rings. The second-order valence-corrected chi connectivity index (χ2v) is 10.2. The Kier molecular flexibility index (Phi) is 4.88. The summed E-state index contributed by atoms with van der Waals surface area (Å²) in [5, 5.41) is 8.56. The van der Waals surface area contributed by atoms with Gasteiger partial charge in [0.25, 0.3) is 0 Å². The largest absolute Gasteiger partial charge is 0.352 e. The highest BCUT2D eigenvalue weighted by Crippen LogP contribution is 2.35. The Bertz CT molecular complexity index is 1810. The van der Waals surface area contributed by atoms with E-state index in [9.17, 15) is 4.79 Å². The average molecular weight is 508 g/mol. The first kappa shape index (κ1) is 21.8. The maximum atomic E-state index is 11.8. The summed E-state index contributed by atoms with van der Waals surface area (Å²) < 4.78 is 0. The van der Waals surface area contributed by atoms with Crippen molar-refractivity contribution < 1.29 is 4.79 Å². The number of ketones is 1. The Morgan fingerprint density at radius 1 is 1.14 bits per heavy atom. The third-order valence-corrected chi connectivity index (χ3v) is 7.77. The van der Waals surface area contributed by atoms with Crippen LogP contribution in [0.25, 0.3) is 55.3 Å². The van der Waals surface area contributed by atoms with Gasteiger partial charge in [0.05, 0.1) is 34.0 Å². The molecule has 4 N–H and O–H groups in total. The second-order valence-electron chi connectivity index (χ2n) is 9.12. The number of aromatic nitrogens is 7. The van der Waals surface area contributed by atoms with Crippen molar-refractivity contribution in [3.63, 3.8) is 0 Å². The smallest absolute Gasteiger partial charge is 0.178 e. The van der Waals surface area contributed by atoms with E-state index >= 15 is 0 Å². The van der Waals surface area contributed by atoms with E-state index in [0.717, 1.165) is 61.9 Å². The number of pyridine rings is 1. The number of hydrogen-bond acceptors (Lipinski definition) is 9. The molecule has 5 aromatic heterocycles. The molecule has 11 heteroatoms. The molecule has 0 bridgehead atoms. The molecule has 7 rings (SSSR count). The fourth-order valence-corrected chi connectivity index (χ4v) is 5.53. The van der Waals surface area contributed by atoms with Crippen LogP contribution in [0.5, 0.6) is 0 Å². The fraction of sp³-hybridized carbons (Fsp3) is 0.154. The number of benzene rings is 1. The number of carbonyl (C=O) groups excluding carboxylic acids is 1. The minimum absolute atomic E-state index is 0.0503. The minimum atomic E-state index is 0.0503. The highest BCUT2D eigenvalue weighted by molar-refractivity contribution is 7.17. The van der Waals surface area contributed by atoms with Crippen LogP contribution in [0.15, 0.2) is 55.0 Å². The summed E-state index contributed by atoms with van der Waals surface area (Å²) in [5.74, 6) is 1.48. The number of hydrogen-bond donors (Lipinski definition) is 3. The van der Waals surface area contributed by atoms with Crippen molar-refractivity contribution in [2.45, 2.75) is 13.0 Å². The molecule has 6 heterocycles. The van der Waals surface area contributed by atoms with Crippen LogP contribution in [0.4, 0.5) is 5.82 Å². The molecule has 0 amide bonds. The SMILES string of the molecule is CC(=O)c1ccc(-c2ccnc3nc(-c4n[nH]c5ccc(-c6cncc(N7CC(N)C7)n6)cc45)[nH]c23)s1. The van der Waals surface area contributed by atoms with Gasteiger partial charge in [0.1, 0.15) is 11.5 Å². The zero-order chi connectivity index (χ0) is 25.1. The van der Waals surface area contributed by atoms with Gasteiger partial charge >= 0.3 is 0 Å². The molecule has 0 aliphatic carbocycles. The molecule has 0 atom stereocenters. The Labute approximate surface area is 214 Å². The Morgan fingerprint density at radius 2 is 2.03 bits per heavy atom. The monoisotopic (exact) mass is 507 g/mol. The lowest BCUT2D eigenvalue weighted by atomic mass is 10.1. The number of nitrogens with zero attached hydrogens (tertiary/aromatic N) is 6. The van der Waals surface area contributed by atoms with Gasteiger partial charge in [0.15, 0.2) is 17.3 Å². The van der Waals surface area contributed by atoms with E-state index in [0.29, 0.717) is 17.2 Å². The third-order valence-electron chi connectivity index (χ3n) is 6.55. The van der Waals surface area contributed by atoms with Gasteiger partial charge in [-0.3, -0.25) is 14.9 Å². The van der Waals surface area contributed by atoms with E-state index in [2.05, 4.69) is 30.0 Å². The Morgan fingerprint density at radius 3 is 2.84 bits per heavy atom. The molecule has 1 saturated heterocycles. The summed E-state index contributed by atoms with van der Waals surface area (Å²) >= 11 is 1.46. The summed E-state index contributed by atoms with van der Waals surface area (Å²) in [6, 6.07) is 11.9. The number of aromatic amines is 2. The third kappa shape index (κ3) is 3.67. The predicted molar refractivity (Wildman–Crippen MR) is 144 cm³/mol. The highest BCUT2D eigenvalue weighted by atomic mass is 32.1. The molecule has 37 heavy (non-hydrogen) atoms. The van der Waals surface area contributed by atoms with E-state index in [4.69, 9.17) is 15.7 Å². The van der Waals surface area contributed by atoms with Gasteiger partial charge in [-0.1, -0.05) is 6.07 Å². The average Bonchev–Trinajstić information content (AvgIpc) is 3.64. The Balaban J connectivity index is 1.29. The van der Waals surface area contributed by atoms with E-state index in [-0.39, 0.29) is 11.8 Å². The zero-order valence-corrected chi connectivity index (χ0v) is 20.6.